The van der Waals surface area contributed by atoms with Gasteiger partial charge >= 0.3 is 0 Å². The van der Waals surface area contributed by atoms with Crippen molar-refractivity contribution in [2.45, 2.75) is 5.41 Å². The largest absolute Gasteiger partial charge is 0.278 e. The normalized spacial score (nSPS) is 15.3. The summed E-state index contributed by atoms with van der Waals surface area (Å²) in [5, 5.41) is 5.20. The summed E-state index contributed by atoms with van der Waals surface area (Å²) in [6.07, 6.45) is 0. The molecule has 3 nitrogen and oxygen atoms in total. The molecule has 2 heterocycles. The second-order valence-electron chi connectivity index (χ2n) is 12.1. The van der Waals surface area contributed by atoms with Crippen molar-refractivity contribution in [2.75, 3.05) is 0 Å². The standard InChI is InChI=1S/C43H25N3/c1-2-12-27(13-3-1)41-30-17-6-9-22-35(30)44-42(45-41)46-36-23-11-21-34-39(36)40-37(46)25-24-26-14-10-20-33(38(26)40)43(34)31-18-7-4-15-28(31)29-16-5-8-19-32(29)43/h1-25H/i1D,2D,3D,12D,13D. The van der Waals surface area contributed by atoms with E-state index >= 15 is 0 Å². The maximum atomic E-state index is 8.85. The average Bonchev–Trinajstić information content (AvgIpc) is 3.67. The van der Waals surface area contributed by atoms with Gasteiger partial charge in [-0.1, -0.05) is 133 Å². The Hall–Kier alpha value is -6.06. The highest BCUT2D eigenvalue weighted by molar-refractivity contribution is 6.26. The number of fused-ring (bicyclic) bond motifs is 8. The van der Waals surface area contributed by atoms with Gasteiger partial charge in [-0.15, -0.1) is 0 Å². The van der Waals surface area contributed by atoms with Crippen molar-refractivity contribution < 1.29 is 6.85 Å². The van der Waals surface area contributed by atoms with Crippen LogP contribution in [-0.2, 0) is 5.41 Å². The molecule has 3 heteroatoms. The Kier molecular flexibility index (Phi) is 3.73. The van der Waals surface area contributed by atoms with E-state index in [0.717, 1.165) is 27.2 Å². The van der Waals surface area contributed by atoms with Crippen LogP contribution >= 0.6 is 0 Å². The molecule has 0 unspecified atom stereocenters. The zero-order chi connectivity index (χ0) is 34.3. The van der Waals surface area contributed by atoms with E-state index in [1.807, 2.05) is 24.3 Å². The number of hydrogen-bond donors (Lipinski definition) is 0. The Labute approximate surface area is 272 Å². The lowest BCUT2D eigenvalue weighted by molar-refractivity contribution is 0.783. The van der Waals surface area contributed by atoms with Crippen molar-refractivity contribution >= 4 is 43.5 Å². The molecule has 2 aliphatic rings. The van der Waals surface area contributed by atoms with Gasteiger partial charge in [0.25, 0.3) is 0 Å². The van der Waals surface area contributed by atoms with E-state index in [1.165, 1.54) is 38.8 Å². The van der Waals surface area contributed by atoms with Gasteiger partial charge in [0.2, 0.25) is 5.95 Å². The van der Waals surface area contributed by atoms with Gasteiger partial charge in [0, 0.05) is 21.7 Å². The molecule has 0 fully saturated rings. The third-order valence-corrected chi connectivity index (χ3v) is 10.1. The second kappa shape index (κ2) is 8.56. The summed E-state index contributed by atoms with van der Waals surface area (Å²) in [6.45, 7) is 0. The number of hydrogen-bond acceptors (Lipinski definition) is 2. The SMILES string of the molecule is [2H]c1c([2H])c([2H])c(-c2nc(-n3c4cccc5c4c4c6c(cccc6ccc43)C53c4ccccc4-c4ccccc43)nc3ccccc23)c([2H])c1[2H]. The molecule has 46 heavy (non-hydrogen) atoms. The molecule has 0 amide bonds. The zero-order valence-electron chi connectivity index (χ0n) is 29.4. The molecule has 0 saturated heterocycles. The van der Waals surface area contributed by atoms with E-state index in [-0.39, 0.29) is 17.6 Å². The topological polar surface area (TPSA) is 30.7 Å². The maximum Gasteiger partial charge on any atom is 0.235 e. The summed E-state index contributed by atoms with van der Waals surface area (Å²) in [6, 6.07) is 40.5. The predicted molar refractivity (Wildman–Crippen MR) is 188 cm³/mol. The minimum Gasteiger partial charge on any atom is -0.278 e. The Morgan fingerprint density at radius 1 is 0.522 bits per heavy atom. The molecule has 2 aromatic heterocycles. The highest BCUT2D eigenvalue weighted by Gasteiger charge is 2.49. The highest BCUT2D eigenvalue weighted by Crippen LogP contribution is 2.61. The van der Waals surface area contributed by atoms with Crippen molar-refractivity contribution in [3.8, 4) is 28.3 Å². The number of para-hydroxylation sites is 1. The van der Waals surface area contributed by atoms with Crippen LogP contribution in [0.4, 0.5) is 0 Å². The Morgan fingerprint density at radius 2 is 1.17 bits per heavy atom. The quantitative estimate of drug-likeness (QED) is 0.201. The van der Waals surface area contributed by atoms with Gasteiger partial charge in [-0.25, -0.2) is 9.97 Å². The monoisotopic (exact) mass is 588 g/mol. The Bertz CT molecular complexity index is 2980. The molecule has 212 valence electrons. The molecule has 2 aliphatic carbocycles. The first-order valence-electron chi connectivity index (χ1n) is 17.9. The predicted octanol–water partition coefficient (Wildman–Crippen LogP) is 10.2. The van der Waals surface area contributed by atoms with Gasteiger partial charge in [-0.3, -0.25) is 4.57 Å². The molecule has 1 spiro atoms. The molecule has 7 aromatic carbocycles. The van der Waals surface area contributed by atoms with E-state index in [0.29, 0.717) is 22.5 Å². The van der Waals surface area contributed by atoms with Crippen LogP contribution in [0.5, 0.6) is 0 Å². The first kappa shape index (κ1) is 20.1. The lowest BCUT2D eigenvalue weighted by Gasteiger charge is -2.37. The van der Waals surface area contributed by atoms with Crippen LogP contribution in [0, 0.1) is 0 Å². The van der Waals surface area contributed by atoms with Crippen molar-refractivity contribution in [3.63, 3.8) is 0 Å². The summed E-state index contributed by atoms with van der Waals surface area (Å²) in [7, 11) is 0. The van der Waals surface area contributed by atoms with Crippen molar-refractivity contribution in [1.82, 2.24) is 14.5 Å². The minimum absolute atomic E-state index is 0.0532. The fraction of sp³-hybridized carbons (Fsp3) is 0.0233. The molecule has 0 aliphatic heterocycles. The smallest absolute Gasteiger partial charge is 0.235 e. The number of aromatic nitrogens is 3. The zero-order valence-corrected chi connectivity index (χ0v) is 24.4. The van der Waals surface area contributed by atoms with Gasteiger partial charge in [0.15, 0.2) is 0 Å². The van der Waals surface area contributed by atoms with Gasteiger partial charge < -0.3 is 0 Å². The van der Waals surface area contributed by atoms with E-state index in [2.05, 4.69) is 102 Å². The Morgan fingerprint density at radius 3 is 1.98 bits per heavy atom. The molecular weight excluding hydrogens is 558 g/mol. The first-order valence-corrected chi connectivity index (χ1v) is 15.4. The molecule has 0 saturated carbocycles. The lowest BCUT2D eigenvalue weighted by atomic mass is 9.63. The van der Waals surface area contributed by atoms with Crippen molar-refractivity contribution in [1.29, 1.82) is 0 Å². The van der Waals surface area contributed by atoms with E-state index in [9.17, 15) is 0 Å². The van der Waals surface area contributed by atoms with Crippen molar-refractivity contribution in [3.05, 3.63) is 174 Å². The van der Waals surface area contributed by atoms with Crippen LogP contribution in [-0.4, -0.2) is 14.5 Å². The minimum atomic E-state index is -0.553. The number of nitrogens with zero attached hydrogens (tertiary/aromatic N) is 3. The van der Waals surface area contributed by atoms with E-state index < -0.39 is 23.5 Å². The molecule has 9 aromatic rings. The molecule has 0 atom stereocenters. The average molecular weight is 589 g/mol. The fourth-order valence-electron chi connectivity index (χ4n) is 8.45. The summed E-state index contributed by atoms with van der Waals surface area (Å²) in [5.74, 6) is 0.368. The highest BCUT2D eigenvalue weighted by atomic mass is 15.2. The van der Waals surface area contributed by atoms with Gasteiger partial charge in [-0.05, 0) is 62.4 Å². The molecule has 11 rings (SSSR count). The molecular formula is C43H25N3. The third kappa shape index (κ3) is 2.80. The summed E-state index contributed by atoms with van der Waals surface area (Å²) >= 11 is 0. The van der Waals surface area contributed by atoms with Crippen LogP contribution < -0.4 is 0 Å². The van der Waals surface area contributed by atoms with Crippen LogP contribution in [0.3, 0.4) is 0 Å². The maximum absolute atomic E-state index is 8.85. The summed E-state index contributed by atoms with van der Waals surface area (Å²) in [5.41, 5.74) is 9.70. The lowest BCUT2D eigenvalue weighted by Crippen LogP contribution is -2.30. The molecule has 0 bridgehead atoms. The summed E-state index contributed by atoms with van der Waals surface area (Å²) < 4.78 is 44.9. The van der Waals surface area contributed by atoms with Gasteiger partial charge in [-0.2, -0.15) is 0 Å². The van der Waals surface area contributed by atoms with E-state index in [4.69, 9.17) is 16.8 Å². The number of rotatable bonds is 2. The van der Waals surface area contributed by atoms with Crippen LogP contribution in [0.1, 0.15) is 29.1 Å². The number of benzene rings is 7. The first-order chi connectivity index (χ1) is 24.9. The Balaban J connectivity index is 1.32. The van der Waals surface area contributed by atoms with E-state index in [1.54, 1.807) is 0 Å². The van der Waals surface area contributed by atoms with Crippen molar-refractivity contribution in [2.24, 2.45) is 0 Å². The second-order valence-corrected chi connectivity index (χ2v) is 12.1. The van der Waals surface area contributed by atoms with Crippen LogP contribution in [0.2, 0.25) is 0 Å². The molecule has 0 radical (unpaired) electrons. The third-order valence-electron chi connectivity index (χ3n) is 10.1. The fourth-order valence-corrected chi connectivity index (χ4v) is 8.45. The van der Waals surface area contributed by atoms with Crippen LogP contribution in [0.25, 0.3) is 71.8 Å². The summed E-state index contributed by atoms with van der Waals surface area (Å²) in [4.78, 5) is 10.2. The van der Waals surface area contributed by atoms with Gasteiger partial charge in [0.05, 0.1) is 34.5 Å². The molecule has 0 N–H and O–H groups in total. The van der Waals surface area contributed by atoms with Gasteiger partial charge in [0.1, 0.15) is 0 Å². The van der Waals surface area contributed by atoms with Crippen LogP contribution in [0.15, 0.2) is 152 Å².